The summed E-state index contributed by atoms with van der Waals surface area (Å²) < 4.78 is 11.1. The molecule has 168 valence electrons. The minimum atomic E-state index is -0.504. The van der Waals surface area contributed by atoms with Crippen LogP contribution in [-0.4, -0.2) is 34.6 Å². The minimum Gasteiger partial charge on any atom is -0.496 e. The highest BCUT2D eigenvalue weighted by Crippen LogP contribution is 2.36. The van der Waals surface area contributed by atoms with Crippen molar-refractivity contribution in [3.05, 3.63) is 87.0 Å². The second-order valence-corrected chi connectivity index (χ2v) is 8.26. The molecule has 1 fully saturated rings. The third-order valence-corrected chi connectivity index (χ3v) is 6.03. The van der Waals surface area contributed by atoms with E-state index in [-0.39, 0.29) is 21.7 Å². The van der Waals surface area contributed by atoms with E-state index in [0.717, 1.165) is 23.7 Å². The van der Waals surface area contributed by atoms with Crippen molar-refractivity contribution in [1.29, 1.82) is 0 Å². The molecule has 0 N–H and O–H groups in total. The maximum atomic E-state index is 12.7. The Morgan fingerprint density at radius 2 is 1.91 bits per heavy atom. The first-order valence-electron chi connectivity index (χ1n) is 10.2. The predicted molar refractivity (Wildman–Crippen MR) is 125 cm³/mol. The van der Waals surface area contributed by atoms with E-state index in [4.69, 9.17) is 9.15 Å². The summed E-state index contributed by atoms with van der Waals surface area (Å²) in [6.07, 6.45) is 2.99. The van der Waals surface area contributed by atoms with Gasteiger partial charge in [0.2, 0.25) is 0 Å². The minimum absolute atomic E-state index is 0.0941. The number of amides is 2. The Kier molecular flexibility index (Phi) is 6.60. The van der Waals surface area contributed by atoms with Crippen LogP contribution in [0.15, 0.2) is 70.0 Å². The van der Waals surface area contributed by atoms with E-state index in [1.54, 1.807) is 18.2 Å². The largest absolute Gasteiger partial charge is 0.496 e. The second kappa shape index (κ2) is 9.74. The molecule has 0 spiro atoms. The SMILES string of the molecule is COc1cc([N+](=O)[O-])ccc1-c1ccc(/C=C2/SC(=O)N(CCCc3ccccc3)C2=O)o1. The van der Waals surface area contributed by atoms with Crippen LogP contribution in [0.25, 0.3) is 17.4 Å². The maximum Gasteiger partial charge on any atom is 0.293 e. The molecule has 0 saturated carbocycles. The van der Waals surface area contributed by atoms with Gasteiger partial charge in [-0.3, -0.25) is 24.6 Å². The second-order valence-electron chi connectivity index (χ2n) is 7.27. The molecule has 0 unspecified atom stereocenters. The molecule has 0 radical (unpaired) electrons. The van der Waals surface area contributed by atoms with Crippen molar-refractivity contribution < 1.29 is 23.7 Å². The summed E-state index contributed by atoms with van der Waals surface area (Å²) in [5.41, 5.74) is 1.60. The van der Waals surface area contributed by atoms with Gasteiger partial charge in [-0.05, 0) is 48.4 Å². The summed E-state index contributed by atoms with van der Waals surface area (Å²) in [5.74, 6) is 0.767. The Morgan fingerprint density at radius 3 is 2.64 bits per heavy atom. The standard InChI is InChI=1S/C24H20N2O6S/c1-31-21-14-17(26(29)30)9-11-19(21)20-12-10-18(32-20)15-22-23(27)25(24(28)33-22)13-5-8-16-6-3-2-4-7-16/h2-4,6-7,9-12,14-15H,5,8,13H2,1H3/b22-15+. The van der Waals surface area contributed by atoms with Gasteiger partial charge in [0.1, 0.15) is 17.3 Å². The van der Waals surface area contributed by atoms with Gasteiger partial charge in [-0.25, -0.2) is 0 Å². The first-order valence-corrected chi connectivity index (χ1v) is 11.0. The predicted octanol–water partition coefficient (Wildman–Crippen LogP) is 5.53. The van der Waals surface area contributed by atoms with Crippen molar-refractivity contribution in [3.8, 4) is 17.1 Å². The molecule has 4 rings (SSSR count). The molecule has 1 aliphatic heterocycles. The summed E-state index contributed by atoms with van der Waals surface area (Å²) in [6.45, 7) is 0.348. The number of thioether (sulfide) groups is 1. The number of benzene rings is 2. The third-order valence-electron chi connectivity index (χ3n) is 5.13. The van der Waals surface area contributed by atoms with Gasteiger partial charge < -0.3 is 9.15 Å². The molecule has 3 aromatic rings. The number of nitro benzene ring substituents is 1. The number of furan rings is 1. The Hall–Kier alpha value is -3.85. The molecule has 2 aromatic carbocycles. The molecule has 0 atom stereocenters. The number of hydrogen-bond donors (Lipinski definition) is 0. The fourth-order valence-electron chi connectivity index (χ4n) is 3.48. The smallest absolute Gasteiger partial charge is 0.293 e. The Balaban J connectivity index is 1.46. The van der Waals surface area contributed by atoms with Gasteiger partial charge in [-0.15, -0.1) is 0 Å². The van der Waals surface area contributed by atoms with E-state index >= 15 is 0 Å². The molecule has 1 saturated heterocycles. The number of carbonyl (C=O) groups is 2. The number of ether oxygens (including phenoxy) is 1. The highest BCUT2D eigenvalue weighted by molar-refractivity contribution is 8.18. The number of carbonyl (C=O) groups excluding carboxylic acids is 2. The van der Waals surface area contributed by atoms with Gasteiger partial charge in [0, 0.05) is 18.7 Å². The summed E-state index contributed by atoms with van der Waals surface area (Å²) in [5, 5.41) is 10.7. The number of methoxy groups -OCH3 is 1. The number of hydrogen-bond acceptors (Lipinski definition) is 7. The lowest BCUT2D eigenvalue weighted by atomic mass is 10.1. The first kappa shape index (κ1) is 22.3. The van der Waals surface area contributed by atoms with E-state index in [1.807, 2.05) is 30.3 Å². The molecule has 0 aliphatic carbocycles. The molecular weight excluding hydrogens is 444 g/mol. The van der Waals surface area contributed by atoms with E-state index in [9.17, 15) is 19.7 Å². The van der Waals surface area contributed by atoms with Crippen LogP contribution in [0.1, 0.15) is 17.7 Å². The van der Waals surface area contributed by atoms with Crippen molar-refractivity contribution in [2.24, 2.45) is 0 Å². The Labute approximate surface area is 194 Å². The lowest BCUT2D eigenvalue weighted by molar-refractivity contribution is -0.384. The van der Waals surface area contributed by atoms with Crippen molar-refractivity contribution in [2.75, 3.05) is 13.7 Å². The van der Waals surface area contributed by atoms with Crippen LogP contribution in [0.4, 0.5) is 10.5 Å². The van der Waals surface area contributed by atoms with E-state index in [1.165, 1.54) is 30.2 Å². The van der Waals surface area contributed by atoms with Gasteiger partial charge in [-0.2, -0.15) is 0 Å². The highest BCUT2D eigenvalue weighted by atomic mass is 32.2. The molecule has 2 amide bonds. The van der Waals surface area contributed by atoms with E-state index in [0.29, 0.717) is 35.8 Å². The van der Waals surface area contributed by atoms with Gasteiger partial charge in [0.25, 0.3) is 16.8 Å². The normalized spacial score (nSPS) is 14.8. The van der Waals surface area contributed by atoms with E-state index in [2.05, 4.69) is 0 Å². The van der Waals surface area contributed by atoms with Crippen LogP contribution in [-0.2, 0) is 11.2 Å². The average molecular weight is 464 g/mol. The number of nitro groups is 1. The van der Waals surface area contributed by atoms with Crippen LogP contribution in [0.3, 0.4) is 0 Å². The summed E-state index contributed by atoms with van der Waals surface area (Å²) in [4.78, 5) is 37.1. The molecule has 8 nitrogen and oxygen atoms in total. The van der Waals surface area contributed by atoms with Gasteiger partial charge >= 0.3 is 0 Å². The zero-order valence-electron chi connectivity index (χ0n) is 17.7. The van der Waals surface area contributed by atoms with Crippen molar-refractivity contribution in [1.82, 2.24) is 4.90 Å². The zero-order valence-corrected chi connectivity index (χ0v) is 18.5. The van der Waals surface area contributed by atoms with Gasteiger partial charge in [0.05, 0.1) is 28.6 Å². The van der Waals surface area contributed by atoms with E-state index < -0.39 is 4.92 Å². The lowest BCUT2D eigenvalue weighted by Gasteiger charge is -2.11. The van der Waals surface area contributed by atoms with Crippen LogP contribution >= 0.6 is 11.8 Å². The molecule has 0 bridgehead atoms. The molecule has 33 heavy (non-hydrogen) atoms. The summed E-state index contributed by atoms with van der Waals surface area (Å²) in [7, 11) is 1.42. The molecule has 9 heteroatoms. The van der Waals surface area contributed by atoms with Crippen LogP contribution in [0.5, 0.6) is 5.75 Å². The van der Waals surface area contributed by atoms with Crippen molar-refractivity contribution in [3.63, 3.8) is 0 Å². The summed E-state index contributed by atoms with van der Waals surface area (Å²) in [6, 6.07) is 17.5. The Bertz CT molecular complexity index is 1230. The van der Waals surface area contributed by atoms with Gasteiger partial charge in [-0.1, -0.05) is 30.3 Å². The van der Waals surface area contributed by atoms with Gasteiger partial charge in [0.15, 0.2) is 0 Å². The number of non-ortho nitro benzene ring substituents is 1. The number of aryl methyl sites for hydroxylation is 1. The van der Waals surface area contributed by atoms with Crippen LogP contribution in [0.2, 0.25) is 0 Å². The quantitative estimate of drug-likeness (QED) is 0.245. The fourth-order valence-corrected chi connectivity index (χ4v) is 4.33. The zero-order chi connectivity index (χ0) is 23.4. The topological polar surface area (TPSA) is 103 Å². The average Bonchev–Trinajstić information content (AvgIpc) is 3.39. The van der Waals surface area contributed by atoms with Crippen LogP contribution in [0, 0.1) is 10.1 Å². The Morgan fingerprint density at radius 1 is 1.12 bits per heavy atom. The fraction of sp³-hybridized carbons (Fsp3) is 0.167. The number of imide groups is 1. The molecule has 1 aliphatic rings. The molecule has 2 heterocycles. The monoisotopic (exact) mass is 464 g/mol. The summed E-state index contributed by atoms with van der Waals surface area (Å²) >= 11 is 0.880. The first-order chi connectivity index (χ1) is 16.0. The van der Waals surface area contributed by atoms with Crippen molar-refractivity contribution in [2.45, 2.75) is 12.8 Å². The maximum absolute atomic E-state index is 12.7. The molecule has 1 aromatic heterocycles. The highest BCUT2D eigenvalue weighted by Gasteiger charge is 2.34. The molecular formula is C24H20N2O6S. The van der Waals surface area contributed by atoms with Crippen LogP contribution < -0.4 is 4.74 Å². The number of nitrogens with zero attached hydrogens (tertiary/aromatic N) is 2. The lowest BCUT2D eigenvalue weighted by Crippen LogP contribution is -2.29. The third kappa shape index (κ3) is 4.98. The number of rotatable bonds is 8. The van der Waals surface area contributed by atoms with Crippen molar-refractivity contribution >= 4 is 34.7 Å².